The summed E-state index contributed by atoms with van der Waals surface area (Å²) in [5.74, 6) is 3.59. The fraction of sp³-hybridized carbons (Fsp3) is 0.900. The van der Waals surface area contributed by atoms with Crippen molar-refractivity contribution in [2.75, 3.05) is 7.11 Å². The van der Waals surface area contributed by atoms with Crippen LogP contribution in [0.15, 0.2) is 0 Å². The van der Waals surface area contributed by atoms with E-state index in [9.17, 15) is 4.79 Å². The molecule has 0 radical (unpaired) electrons. The Hall–Kier alpha value is -0.530. The highest BCUT2D eigenvalue weighted by atomic mass is 16.5. The van der Waals surface area contributed by atoms with Gasteiger partial charge in [0, 0.05) is 0 Å². The molecular weight excluding hydrogens is 152 g/mol. The zero-order valence-electron chi connectivity index (χ0n) is 7.32. The highest BCUT2D eigenvalue weighted by Crippen LogP contribution is 2.69. The molecule has 3 aliphatic carbocycles. The predicted molar refractivity (Wildman–Crippen MR) is 43.3 cm³/mol. The molecule has 0 aromatic carbocycles. The number of carbonyl (C=O) groups excluding carboxylic acids is 1. The lowest BCUT2D eigenvalue weighted by atomic mass is 10.0. The van der Waals surface area contributed by atoms with E-state index in [0.717, 1.165) is 23.7 Å². The van der Waals surface area contributed by atoms with Gasteiger partial charge in [0.2, 0.25) is 0 Å². The van der Waals surface area contributed by atoms with Gasteiger partial charge >= 0.3 is 5.97 Å². The molecular formula is C10H14O2. The first kappa shape index (κ1) is 6.93. The van der Waals surface area contributed by atoms with Crippen LogP contribution in [-0.4, -0.2) is 13.1 Å². The van der Waals surface area contributed by atoms with E-state index in [1.165, 1.54) is 26.4 Å². The molecule has 4 atom stereocenters. The normalized spacial score (nSPS) is 53.6. The summed E-state index contributed by atoms with van der Waals surface area (Å²) in [6.45, 7) is 0. The van der Waals surface area contributed by atoms with Crippen LogP contribution in [-0.2, 0) is 9.53 Å². The molecule has 12 heavy (non-hydrogen) atoms. The van der Waals surface area contributed by atoms with Crippen molar-refractivity contribution >= 4 is 5.97 Å². The second-order valence-electron chi connectivity index (χ2n) is 4.54. The molecule has 2 bridgehead atoms. The van der Waals surface area contributed by atoms with Gasteiger partial charge in [-0.3, -0.25) is 4.79 Å². The third-order valence-corrected chi connectivity index (χ3v) is 4.21. The van der Waals surface area contributed by atoms with Crippen molar-refractivity contribution in [1.82, 2.24) is 0 Å². The Morgan fingerprint density at radius 2 is 1.83 bits per heavy atom. The molecule has 0 heterocycles. The molecule has 0 spiro atoms. The number of ether oxygens (including phenoxy) is 1. The van der Waals surface area contributed by atoms with E-state index in [-0.39, 0.29) is 5.97 Å². The van der Waals surface area contributed by atoms with Crippen LogP contribution in [0.25, 0.3) is 0 Å². The molecule has 3 rings (SSSR count). The van der Waals surface area contributed by atoms with E-state index in [1.54, 1.807) is 0 Å². The summed E-state index contributed by atoms with van der Waals surface area (Å²) < 4.78 is 4.80. The summed E-state index contributed by atoms with van der Waals surface area (Å²) in [7, 11) is 1.51. The third kappa shape index (κ3) is 0.644. The van der Waals surface area contributed by atoms with Crippen LogP contribution in [0.1, 0.15) is 19.3 Å². The van der Waals surface area contributed by atoms with Crippen LogP contribution in [0.5, 0.6) is 0 Å². The van der Waals surface area contributed by atoms with Gasteiger partial charge in [-0.05, 0) is 42.9 Å². The molecule has 0 aliphatic heterocycles. The van der Waals surface area contributed by atoms with E-state index in [4.69, 9.17) is 4.74 Å². The summed E-state index contributed by atoms with van der Waals surface area (Å²) in [4.78, 5) is 11.3. The van der Waals surface area contributed by atoms with Gasteiger partial charge < -0.3 is 4.74 Å². The van der Waals surface area contributed by atoms with E-state index in [0.29, 0.717) is 5.92 Å². The topological polar surface area (TPSA) is 26.3 Å². The molecule has 0 amide bonds. The first-order valence-electron chi connectivity index (χ1n) is 4.90. The lowest BCUT2D eigenvalue weighted by molar-refractivity contribution is -0.143. The number of rotatable bonds is 1. The van der Waals surface area contributed by atoms with E-state index in [1.807, 2.05) is 0 Å². The second-order valence-corrected chi connectivity index (χ2v) is 4.54. The Balaban J connectivity index is 1.78. The summed E-state index contributed by atoms with van der Waals surface area (Å²) in [5, 5.41) is 0. The first-order valence-corrected chi connectivity index (χ1v) is 4.90. The molecule has 4 unspecified atom stereocenters. The Bertz CT molecular complexity index is 220. The van der Waals surface area contributed by atoms with Crippen LogP contribution in [0.2, 0.25) is 0 Å². The van der Waals surface area contributed by atoms with Crippen molar-refractivity contribution in [3.8, 4) is 0 Å². The van der Waals surface area contributed by atoms with Gasteiger partial charge in [-0.25, -0.2) is 0 Å². The molecule has 3 saturated carbocycles. The van der Waals surface area contributed by atoms with Crippen LogP contribution in [0.3, 0.4) is 0 Å². The first-order chi connectivity index (χ1) is 5.83. The van der Waals surface area contributed by atoms with Gasteiger partial charge in [-0.2, -0.15) is 0 Å². The number of esters is 1. The van der Waals surface area contributed by atoms with Crippen molar-refractivity contribution in [1.29, 1.82) is 0 Å². The lowest BCUT2D eigenvalue weighted by Crippen LogP contribution is -2.10. The van der Waals surface area contributed by atoms with Gasteiger partial charge in [0.25, 0.3) is 0 Å². The zero-order chi connectivity index (χ0) is 8.29. The molecule has 0 saturated heterocycles. The standard InChI is InChI=1S/C10H14O2/c1-12-10(11)9-7-5-2-3-6(4-5)8(7)9/h5-9H,2-4H2,1H3. The molecule has 2 heteroatoms. The molecule has 0 aromatic heterocycles. The molecule has 66 valence electrons. The van der Waals surface area contributed by atoms with E-state index < -0.39 is 0 Å². The summed E-state index contributed by atoms with van der Waals surface area (Å²) in [6.07, 6.45) is 4.15. The number of hydrogen-bond acceptors (Lipinski definition) is 2. The van der Waals surface area contributed by atoms with Gasteiger partial charge in [0.15, 0.2) is 0 Å². The van der Waals surface area contributed by atoms with E-state index >= 15 is 0 Å². The quantitative estimate of drug-likeness (QED) is 0.551. The minimum absolute atomic E-state index is 0.0570. The molecule has 3 fully saturated rings. The van der Waals surface area contributed by atoms with Crippen molar-refractivity contribution in [3.63, 3.8) is 0 Å². The maximum atomic E-state index is 11.3. The summed E-state index contributed by atoms with van der Waals surface area (Å²) >= 11 is 0. The van der Waals surface area contributed by atoms with Crippen molar-refractivity contribution < 1.29 is 9.53 Å². The number of methoxy groups -OCH3 is 1. The van der Waals surface area contributed by atoms with Crippen molar-refractivity contribution in [2.24, 2.45) is 29.6 Å². The van der Waals surface area contributed by atoms with Gasteiger partial charge in [-0.1, -0.05) is 0 Å². The van der Waals surface area contributed by atoms with Crippen molar-refractivity contribution in [3.05, 3.63) is 0 Å². The van der Waals surface area contributed by atoms with Gasteiger partial charge in [0.1, 0.15) is 0 Å². The SMILES string of the molecule is COC(=O)C1C2C3CCC(C3)C12. The summed E-state index contributed by atoms with van der Waals surface area (Å²) in [5.41, 5.74) is 0. The molecule has 2 nitrogen and oxygen atoms in total. The van der Waals surface area contributed by atoms with Crippen LogP contribution in [0.4, 0.5) is 0 Å². The van der Waals surface area contributed by atoms with Crippen molar-refractivity contribution in [2.45, 2.75) is 19.3 Å². The number of carbonyl (C=O) groups is 1. The molecule has 3 aliphatic rings. The second kappa shape index (κ2) is 2.04. The lowest BCUT2D eigenvalue weighted by Gasteiger charge is -2.05. The molecule has 0 aromatic rings. The average molecular weight is 166 g/mol. The maximum Gasteiger partial charge on any atom is 0.309 e. The third-order valence-electron chi connectivity index (χ3n) is 4.21. The zero-order valence-corrected chi connectivity index (χ0v) is 7.32. The van der Waals surface area contributed by atoms with Gasteiger partial charge in [-0.15, -0.1) is 0 Å². The average Bonchev–Trinajstić information content (AvgIpc) is 2.53. The monoisotopic (exact) mass is 166 g/mol. The number of fused-ring (bicyclic) bond motifs is 5. The molecule has 0 N–H and O–H groups in total. The number of hydrogen-bond donors (Lipinski definition) is 0. The van der Waals surface area contributed by atoms with Gasteiger partial charge in [0.05, 0.1) is 13.0 Å². The maximum absolute atomic E-state index is 11.3. The highest BCUT2D eigenvalue weighted by Gasteiger charge is 2.68. The van der Waals surface area contributed by atoms with E-state index in [2.05, 4.69) is 0 Å². The Labute approximate surface area is 72.3 Å². The Kier molecular flexibility index (Phi) is 1.18. The van der Waals surface area contributed by atoms with Crippen LogP contribution >= 0.6 is 0 Å². The van der Waals surface area contributed by atoms with Crippen LogP contribution in [0, 0.1) is 29.6 Å². The minimum atomic E-state index is 0.0570. The highest BCUT2D eigenvalue weighted by molar-refractivity contribution is 5.77. The fourth-order valence-corrected chi connectivity index (χ4v) is 3.78. The predicted octanol–water partition coefficient (Wildman–Crippen LogP) is 1.45. The fourth-order valence-electron chi connectivity index (χ4n) is 3.78. The largest absolute Gasteiger partial charge is 0.469 e. The summed E-state index contributed by atoms with van der Waals surface area (Å²) in [6, 6.07) is 0. The minimum Gasteiger partial charge on any atom is -0.469 e. The smallest absolute Gasteiger partial charge is 0.309 e. The Morgan fingerprint density at radius 1 is 1.25 bits per heavy atom. The Morgan fingerprint density at radius 3 is 2.33 bits per heavy atom. The van der Waals surface area contributed by atoms with Crippen LogP contribution < -0.4 is 0 Å².